The molecule has 1 aliphatic rings. The first-order chi connectivity index (χ1) is 9.08. The number of carbonyl (C=O) groups is 1. The fourth-order valence-electron chi connectivity index (χ4n) is 2.37. The molecular weight excluding hydrogens is 242 g/mol. The lowest BCUT2D eigenvalue weighted by Crippen LogP contribution is -2.31. The van der Waals surface area contributed by atoms with Gasteiger partial charge in [-0.05, 0) is 32.3 Å². The summed E-state index contributed by atoms with van der Waals surface area (Å²) in [6, 6.07) is 1.79. The number of carbonyl (C=O) groups excluding carboxylic acids is 1. The lowest BCUT2D eigenvalue weighted by molar-refractivity contribution is 0.0241. The van der Waals surface area contributed by atoms with Gasteiger partial charge in [-0.15, -0.1) is 0 Å². The van der Waals surface area contributed by atoms with Crippen molar-refractivity contribution in [1.29, 1.82) is 0 Å². The summed E-state index contributed by atoms with van der Waals surface area (Å²) in [4.78, 5) is 16.6. The largest absolute Gasteiger partial charge is 0.489 e. The van der Waals surface area contributed by atoms with E-state index in [1.54, 1.807) is 18.5 Å². The highest BCUT2D eigenvalue weighted by Gasteiger charge is 2.29. The summed E-state index contributed by atoms with van der Waals surface area (Å²) >= 11 is 0. The highest BCUT2D eigenvalue weighted by atomic mass is 16.5. The minimum absolute atomic E-state index is 0.0323. The molecule has 4 nitrogen and oxygen atoms in total. The molecule has 1 aliphatic heterocycles. The van der Waals surface area contributed by atoms with Crippen LogP contribution in [-0.2, 0) is 4.74 Å². The Kier molecular flexibility index (Phi) is 4.53. The second-order valence-corrected chi connectivity index (χ2v) is 5.39. The minimum Gasteiger partial charge on any atom is -0.489 e. The summed E-state index contributed by atoms with van der Waals surface area (Å²) in [5.74, 6) is 1.10. The number of nitrogens with zero attached hydrogens (tertiary/aromatic N) is 1. The third-order valence-corrected chi connectivity index (χ3v) is 3.35. The van der Waals surface area contributed by atoms with E-state index < -0.39 is 0 Å². The minimum atomic E-state index is 0.0323. The van der Waals surface area contributed by atoms with E-state index in [2.05, 4.69) is 11.9 Å². The SMILES string of the molecule is CC(C)Oc1cncc(C(=O)C2CCOCC2C)c1. The Morgan fingerprint density at radius 3 is 2.95 bits per heavy atom. The Hall–Kier alpha value is -1.42. The Labute approximate surface area is 114 Å². The normalized spacial score (nSPS) is 23.4. The molecular formula is C15H21NO3. The molecule has 0 amide bonds. The Morgan fingerprint density at radius 1 is 1.47 bits per heavy atom. The van der Waals surface area contributed by atoms with Crippen molar-refractivity contribution >= 4 is 5.78 Å². The van der Waals surface area contributed by atoms with Crippen molar-refractivity contribution in [2.24, 2.45) is 11.8 Å². The Morgan fingerprint density at radius 2 is 2.26 bits per heavy atom. The first-order valence-electron chi connectivity index (χ1n) is 6.81. The quantitative estimate of drug-likeness (QED) is 0.784. The fourth-order valence-corrected chi connectivity index (χ4v) is 2.37. The molecule has 2 atom stereocenters. The zero-order valence-electron chi connectivity index (χ0n) is 11.8. The number of aromatic nitrogens is 1. The predicted molar refractivity (Wildman–Crippen MR) is 72.4 cm³/mol. The van der Waals surface area contributed by atoms with Gasteiger partial charge in [0.25, 0.3) is 0 Å². The van der Waals surface area contributed by atoms with Crippen molar-refractivity contribution in [2.75, 3.05) is 13.2 Å². The van der Waals surface area contributed by atoms with Crippen LogP contribution in [0.3, 0.4) is 0 Å². The monoisotopic (exact) mass is 263 g/mol. The molecule has 1 aromatic heterocycles. The summed E-state index contributed by atoms with van der Waals surface area (Å²) in [6.45, 7) is 7.29. The molecule has 0 saturated carbocycles. The van der Waals surface area contributed by atoms with Gasteiger partial charge >= 0.3 is 0 Å². The van der Waals surface area contributed by atoms with Crippen LogP contribution in [0, 0.1) is 11.8 Å². The molecule has 0 radical (unpaired) electrons. The number of hydrogen-bond acceptors (Lipinski definition) is 4. The van der Waals surface area contributed by atoms with Crippen molar-refractivity contribution in [1.82, 2.24) is 4.98 Å². The van der Waals surface area contributed by atoms with Gasteiger partial charge < -0.3 is 9.47 Å². The molecule has 0 spiro atoms. The van der Waals surface area contributed by atoms with E-state index in [1.807, 2.05) is 13.8 Å². The van der Waals surface area contributed by atoms with Crippen LogP contribution in [0.2, 0.25) is 0 Å². The molecule has 2 rings (SSSR count). The van der Waals surface area contributed by atoms with Gasteiger partial charge in [-0.25, -0.2) is 0 Å². The number of pyridine rings is 1. The van der Waals surface area contributed by atoms with Gasteiger partial charge in [-0.1, -0.05) is 6.92 Å². The molecule has 4 heteroatoms. The van der Waals surface area contributed by atoms with Gasteiger partial charge in [0, 0.05) is 30.9 Å². The number of ketones is 1. The predicted octanol–water partition coefficient (Wildman–Crippen LogP) is 2.72. The molecule has 0 N–H and O–H groups in total. The van der Waals surface area contributed by atoms with E-state index in [9.17, 15) is 4.79 Å². The summed E-state index contributed by atoms with van der Waals surface area (Å²) < 4.78 is 11.0. The van der Waals surface area contributed by atoms with E-state index in [1.165, 1.54) is 0 Å². The van der Waals surface area contributed by atoms with Gasteiger partial charge in [-0.2, -0.15) is 0 Å². The van der Waals surface area contributed by atoms with Gasteiger partial charge in [0.2, 0.25) is 0 Å². The van der Waals surface area contributed by atoms with Crippen LogP contribution >= 0.6 is 0 Å². The number of Topliss-reactive ketones (excluding diaryl/α,β-unsaturated/α-hetero) is 1. The number of hydrogen-bond donors (Lipinski definition) is 0. The fraction of sp³-hybridized carbons (Fsp3) is 0.600. The van der Waals surface area contributed by atoms with Gasteiger partial charge in [0.1, 0.15) is 5.75 Å². The lowest BCUT2D eigenvalue weighted by Gasteiger charge is -2.27. The summed E-state index contributed by atoms with van der Waals surface area (Å²) in [6.07, 6.45) is 4.13. The maximum atomic E-state index is 12.5. The van der Waals surface area contributed by atoms with Crippen LogP contribution in [0.5, 0.6) is 5.75 Å². The zero-order valence-corrected chi connectivity index (χ0v) is 11.8. The van der Waals surface area contributed by atoms with Crippen LogP contribution in [0.4, 0.5) is 0 Å². The molecule has 0 aliphatic carbocycles. The maximum absolute atomic E-state index is 12.5. The smallest absolute Gasteiger partial charge is 0.168 e. The van der Waals surface area contributed by atoms with Crippen molar-refractivity contribution in [3.63, 3.8) is 0 Å². The second-order valence-electron chi connectivity index (χ2n) is 5.39. The highest BCUT2D eigenvalue weighted by molar-refractivity contribution is 5.98. The van der Waals surface area contributed by atoms with E-state index in [0.717, 1.165) is 6.42 Å². The third kappa shape index (κ3) is 3.53. The zero-order chi connectivity index (χ0) is 13.8. The molecule has 104 valence electrons. The Bertz CT molecular complexity index is 445. The topological polar surface area (TPSA) is 48.4 Å². The average Bonchev–Trinajstić information content (AvgIpc) is 2.38. The lowest BCUT2D eigenvalue weighted by atomic mass is 9.84. The van der Waals surface area contributed by atoms with Crippen LogP contribution in [0.25, 0.3) is 0 Å². The molecule has 0 aromatic carbocycles. The van der Waals surface area contributed by atoms with Gasteiger partial charge in [-0.3, -0.25) is 9.78 Å². The van der Waals surface area contributed by atoms with Crippen LogP contribution in [0.15, 0.2) is 18.5 Å². The molecule has 19 heavy (non-hydrogen) atoms. The van der Waals surface area contributed by atoms with Crippen LogP contribution < -0.4 is 4.74 Å². The molecule has 2 heterocycles. The first-order valence-corrected chi connectivity index (χ1v) is 6.81. The summed E-state index contributed by atoms with van der Waals surface area (Å²) in [7, 11) is 0. The Balaban J connectivity index is 2.14. The number of rotatable bonds is 4. The second kappa shape index (κ2) is 6.15. The van der Waals surface area contributed by atoms with Crippen LogP contribution in [-0.4, -0.2) is 30.1 Å². The maximum Gasteiger partial charge on any atom is 0.168 e. The summed E-state index contributed by atoms with van der Waals surface area (Å²) in [5, 5.41) is 0. The number of ether oxygens (including phenoxy) is 2. The molecule has 1 fully saturated rings. The van der Waals surface area contributed by atoms with E-state index in [4.69, 9.17) is 9.47 Å². The van der Waals surface area contributed by atoms with E-state index >= 15 is 0 Å². The van der Waals surface area contributed by atoms with Crippen LogP contribution in [0.1, 0.15) is 37.6 Å². The first kappa shape index (κ1) is 14.0. The summed E-state index contributed by atoms with van der Waals surface area (Å²) in [5.41, 5.74) is 0.636. The molecule has 1 saturated heterocycles. The van der Waals surface area contributed by atoms with Crippen molar-refractivity contribution in [2.45, 2.75) is 33.3 Å². The van der Waals surface area contributed by atoms with Gasteiger partial charge in [0.15, 0.2) is 5.78 Å². The highest BCUT2D eigenvalue weighted by Crippen LogP contribution is 2.26. The van der Waals surface area contributed by atoms with Gasteiger partial charge in [0.05, 0.1) is 12.3 Å². The molecule has 1 aromatic rings. The van der Waals surface area contributed by atoms with Crippen molar-refractivity contribution < 1.29 is 14.3 Å². The van der Waals surface area contributed by atoms with E-state index in [0.29, 0.717) is 24.5 Å². The van der Waals surface area contributed by atoms with Crippen molar-refractivity contribution in [3.05, 3.63) is 24.0 Å². The third-order valence-electron chi connectivity index (χ3n) is 3.35. The molecule has 0 bridgehead atoms. The van der Waals surface area contributed by atoms with Crippen molar-refractivity contribution in [3.8, 4) is 5.75 Å². The standard InChI is InChI=1S/C15H21NO3/c1-10(2)19-13-6-12(7-16-8-13)15(17)14-4-5-18-9-11(14)3/h6-8,10-11,14H,4-5,9H2,1-3H3. The van der Waals surface area contributed by atoms with E-state index in [-0.39, 0.29) is 23.7 Å². The average molecular weight is 263 g/mol. The molecule has 2 unspecified atom stereocenters.